The molecule has 142 valence electrons. The molecule has 2 aliphatic rings. The zero-order chi connectivity index (χ0) is 18.7. The van der Waals surface area contributed by atoms with Crippen LogP contribution >= 0.6 is 11.6 Å². The molecule has 0 radical (unpaired) electrons. The van der Waals surface area contributed by atoms with Crippen molar-refractivity contribution in [3.05, 3.63) is 52.9 Å². The third-order valence-electron chi connectivity index (χ3n) is 5.82. The average molecular weight is 385 g/mol. The van der Waals surface area contributed by atoms with Gasteiger partial charge in [0, 0.05) is 24.3 Å². The highest BCUT2D eigenvalue weighted by atomic mass is 35.5. The van der Waals surface area contributed by atoms with Crippen molar-refractivity contribution in [2.24, 2.45) is 0 Å². The summed E-state index contributed by atoms with van der Waals surface area (Å²) >= 11 is 6.03. The smallest absolute Gasteiger partial charge is 0.231 e. The quantitative estimate of drug-likeness (QED) is 0.850. The van der Waals surface area contributed by atoms with Crippen LogP contribution in [0.25, 0.3) is 0 Å². The van der Waals surface area contributed by atoms with Crippen LogP contribution in [0.1, 0.15) is 49.9 Å². The van der Waals surface area contributed by atoms with Crippen molar-refractivity contribution in [3.63, 3.8) is 0 Å². The maximum Gasteiger partial charge on any atom is 0.231 e. The van der Waals surface area contributed by atoms with Gasteiger partial charge in [0.05, 0.1) is 12.0 Å². The number of nitrogens with zero attached hydrogens (tertiary/aromatic N) is 3. The highest BCUT2D eigenvalue weighted by Crippen LogP contribution is 2.41. The molecule has 27 heavy (non-hydrogen) atoms. The molecule has 1 N–H and O–H groups in total. The number of carbonyl (C=O) groups is 1. The number of hydrogen-bond donors (Lipinski definition) is 1. The number of aromatic nitrogens is 2. The average Bonchev–Trinajstić information content (AvgIpc) is 3.39. The molecule has 1 saturated heterocycles. The predicted octanol–water partition coefficient (Wildman–Crippen LogP) is 3.86. The largest absolute Gasteiger partial charge is 0.357 e. The third-order valence-corrected chi connectivity index (χ3v) is 6.07. The van der Waals surface area contributed by atoms with Crippen molar-refractivity contribution in [1.82, 2.24) is 15.3 Å². The summed E-state index contributed by atoms with van der Waals surface area (Å²) in [4.78, 5) is 24.4. The van der Waals surface area contributed by atoms with E-state index in [4.69, 9.17) is 11.6 Å². The number of rotatable bonds is 5. The van der Waals surface area contributed by atoms with Gasteiger partial charge in [0.1, 0.15) is 11.6 Å². The molecule has 0 unspecified atom stereocenters. The second kappa shape index (κ2) is 7.85. The second-order valence-corrected chi connectivity index (χ2v) is 7.94. The van der Waals surface area contributed by atoms with Crippen molar-refractivity contribution >= 4 is 23.3 Å². The summed E-state index contributed by atoms with van der Waals surface area (Å²) in [5.74, 6) is 1.69. The Hall–Kier alpha value is -2.14. The van der Waals surface area contributed by atoms with Gasteiger partial charge in [-0.1, -0.05) is 36.6 Å². The Morgan fingerprint density at radius 2 is 1.78 bits per heavy atom. The van der Waals surface area contributed by atoms with E-state index in [1.165, 1.54) is 12.8 Å². The van der Waals surface area contributed by atoms with Crippen molar-refractivity contribution in [2.75, 3.05) is 18.0 Å². The van der Waals surface area contributed by atoms with Crippen LogP contribution < -0.4 is 10.2 Å². The van der Waals surface area contributed by atoms with Crippen LogP contribution in [0.2, 0.25) is 5.02 Å². The summed E-state index contributed by atoms with van der Waals surface area (Å²) in [6, 6.07) is 9.65. The van der Waals surface area contributed by atoms with Crippen LogP contribution in [-0.4, -0.2) is 29.0 Å². The predicted molar refractivity (Wildman–Crippen MR) is 107 cm³/mol. The van der Waals surface area contributed by atoms with Crippen LogP contribution in [0, 0.1) is 0 Å². The van der Waals surface area contributed by atoms with E-state index >= 15 is 0 Å². The number of amides is 1. The van der Waals surface area contributed by atoms with Crippen LogP contribution in [0.5, 0.6) is 0 Å². The SMILES string of the molecule is O=C(NCc1nccc(N2CCCC2)n1)C1(c2ccc(Cl)cc2)CCCC1. The number of benzene rings is 1. The summed E-state index contributed by atoms with van der Waals surface area (Å²) in [6.07, 6.45) is 8.07. The maximum absolute atomic E-state index is 13.2. The molecule has 1 aliphatic carbocycles. The van der Waals surface area contributed by atoms with Crippen molar-refractivity contribution in [2.45, 2.75) is 50.5 Å². The molecule has 1 aromatic carbocycles. The van der Waals surface area contributed by atoms with Crippen molar-refractivity contribution in [1.29, 1.82) is 0 Å². The topological polar surface area (TPSA) is 58.1 Å². The maximum atomic E-state index is 13.2. The van der Waals surface area contributed by atoms with E-state index in [0.29, 0.717) is 17.4 Å². The highest BCUT2D eigenvalue weighted by Gasteiger charge is 2.42. The fourth-order valence-corrected chi connectivity index (χ4v) is 4.44. The monoisotopic (exact) mass is 384 g/mol. The molecule has 2 fully saturated rings. The Balaban J connectivity index is 1.47. The van der Waals surface area contributed by atoms with Gasteiger partial charge in [0.2, 0.25) is 5.91 Å². The van der Waals surface area contributed by atoms with E-state index < -0.39 is 5.41 Å². The molecule has 1 aromatic heterocycles. The van der Waals surface area contributed by atoms with E-state index in [9.17, 15) is 4.79 Å². The summed E-state index contributed by atoms with van der Waals surface area (Å²) in [6.45, 7) is 2.45. The van der Waals surface area contributed by atoms with Gasteiger partial charge in [-0.3, -0.25) is 4.79 Å². The van der Waals surface area contributed by atoms with Crippen LogP contribution in [0.15, 0.2) is 36.5 Å². The van der Waals surface area contributed by atoms with E-state index in [-0.39, 0.29) is 5.91 Å². The molecule has 4 rings (SSSR count). The Labute approximate surface area is 165 Å². The van der Waals surface area contributed by atoms with Gasteiger partial charge in [0.15, 0.2) is 0 Å². The first kappa shape index (κ1) is 18.2. The highest BCUT2D eigenvalue weighted by molar-refractivity contribution is 6.30. The normalized spacial score (nSPS) is 18.6. The van der Waals surface area contributed by atoms with E-state index in [2.05, 4.69) is 20.2 Å². The second-order valence-electron chi connectivity index (χ2n) is 7.50. The molecule has 0 atom stereocenters. The first-order valence-electron chi connectivity index (χ1n) is 9.79. The van der Waals surface area contributed by atoms with E-state index in [0.717, 1.165) is 50.2 Å². The first-order chi connectivity index (χ1) is 13.2. The molecule has 1 amide bonds. The van der Waals surface area contributed by atoms with E-state index in [1.807, 2.05) is 30.3 Å². The molecular weight excluding hydrogens is 360 g/mol. The molecule has 5 nitrogen and oxygen atoms in total. The fraction of sp³-hybridized carbons (Fsp3) is 0.476. The lowest BCUT2D eigenvalue weighted by atomic mass is 9.78. The molecular formula is C21H25ClN4O. The van der Waals surface area contributed by atoms with Crippen LogP contribution in [0.3, 0.4) is 0 Å². The van der Waals surface area contributed by atoms with Gasteiger partial charge >= 0.3 is 0 Å². The zero-order valence-corrected chi connectivity index (χ0v) is 16.2. The Kier molecular flexibility index (Phi) is 5.30. The summed E-state index contributed by atoms with van der Waals surface area (Å²) in [7, 11) is 0. The molecule has 2 aromatic rings. The van der Waals surface area contributed by atoms with Gasteiger partial charge in [-0.2, -0.15) is 0 Å². The summed E-state index contributed by atoms with van der Waals surface area (Å²) in [5, 5.41) is 3.79. The number of anilines is 1. The minimum Gasteiger partial charge on any atom is -0.357 e. The fourth-order valence-electron chi connectivity index (χ4n) is 4.32. The lowest BCUT2D eigenvalue weighted by molar-refractivity contribution is -0.126. The minimum atomic E-state index is -0.461. The molecule has 0 bridgehead atoms. The number of carbonyl (C=O) groups excluding carboxylic acids is 1. The van der Waals surface area contributed by atoms with Crippen LogP contribution in [0.4, 0.5) is 5.82 Å². The molecule has 2 heterocycles. The molecule has 1 saturated carbocycles. The first-order valence-corrected chi connectivity index (χ1v) is 10.2. The Morgan fingerprint density at radius 3 is 2.48 bits per heavy atom. The van der Waals surface area contributed by atoms with Gasteiger partial charge in [-0.05, 0) is 49.4 Å². The van der Waals surface area contributed by atoms with Gasteiger partial charge in [-0.15, -0.1) is 0 Å². The zero-order valence-electron chi connectivity index (χ0n) is 15.5. The molecule has 0 spiro atoms. The summed E-state index contributed by atoms with van der Waals surface area (Å²) < 4.78 is 0. The van der Waals surface area contributed by atoms with Gasteiger partial charge in [0.25, 0.3) is 0 Å². The van der Waals surface area contributed by atoms with Crippen molar-refractivity contribution in [3.8, 4) is 0 Å². The standard InChI is InChI=1S/C21H25ClN4O/c22-17-7-5-16(6-8-17)21(10-1-2-11-21)20(27)24-15-18-23-12-9-19(25-18)26-13-3-4-14-26/h5-9,12H,1-4,10-11,13-15H2,(H,24,27). The lowest BCUT2D eigenvalue weighted by Crippen LogP contribution is -2.42. The van der Waals surface area contributed by atoms with Gasteiger partial charge in [-0.25, -0.2) is 9.97 Å². The van der Waals surface area contributed by atoms with Gasteiger partial charge < -0.3 is 10.2 Å². The minimum absolute atomic E-state index is 0.0671. The molecule has 6 heteroatoms. The lowest BCUT2D eigenvalue weighted by Gasteiger charge is -2.28. The third kappa shape index (κ3) is 3.79. The van der Waals surface area contributed by atoms with Crippen LogP contribution in [-0.2, 0) is 16.8 Å². The van der Waals surface area contributed by atoms with E-state index in [1.54, 1.807) is 6.20 Å². The molecule has 1 aliphatic heterocycles. The number of nitrogens with one attached hydrogen (secondary N) is 1. The number of halogens is 1. The van der Waals surface area contributed by atoms with Crippen molar-refractivity contribution < 1.29 is 4.79 Å². The Bertz CT molecular complexity index is 796. The summed E-state index contributed by atoms with van der Waals surface area (Å²) in [5.41, 5.74) is 0.589. The Morgan fingerprint density at radius 1 is 1.07 bits per heavy atom. The number of hydrogen-bond acceptors (Lipinski definition) is 4.